The van der Waals surface area contributed by atoms with E-state index in [2.05, 4.69) is 85.8 Å². The number of hydrogen-bond acceptors (Lipinski definition) is 6. The molecule has 5 amide bonds. The molecule has 0 heterocycles. The molecular weight excluding hydrogens is 620 g/mol. The van der Waals surface area contributed by atoms with Gasteiger partial charge in [-0.2, -0.15) is 0 Å². The van der Waals surface area contributed by atoms with Crippen LogP contribution in [0.3, 0.4) is 0 Å². The molecule has 0 aromatic carbocycles. The van der Waals surface area contributed by atoms with E-state index in [0.717, 1.165) is 38.5 Å². The molecule has 49 heavy (non-hydrogen) atoms. The number of amides is 5. The lowest BCUT2D eigenvalue weighted by Crippen LogP contribution is -2.24. The minimum atomic E-state index is -0.0345. The number of carbonyl (C=O) groups is 5. The van der Waals surface area contributed by atoms with Crippen LogP contribution in [0, 0.1) is 59.2 Å². The van der Waals surface area contributed by atoms with E-state index in [-0.39, 0.29) is 36.0 Å². The standard InChI is InChI=1S/2C12H20N2O2.C6H9NO.C4H7N.C4H6/c1-3-4-9-14-12(16)8-6-5-7-10-13-11(2)15;1-3-4-8-12(16)14-10-7-5-6-9-13-11(2)15;1-3-4-5-7-6(2)8;1-2-3-4-5;1-3-4-2/h2*5-10H2,1-2H3,(H,13,15)(H,14,16);5H2,1-2H3,(H,7,8);4-5H2,1H3;1-2H3. The SMILES string of the molecule is CC#CC.CC#CCC(=O)NCCCCCNC(C)=O.CC#CCN.CC#CCNC(=O)CCCCCNC(C)=O.CC#CCNC(C)=O. The van der Waals surface area contributed by atoms with Crippen molar-refractivity contribution in [2.24, 2.45) is 5.73 Å². The molecule has 0 rings (SSSR count). The Morgan fingerprint density at radius 3 is 1.22 bits per heavy atom. The Bertz CT molecular complexity index is 1180. The molecule has 11 nitrogen and oxygen atoms in total. The summed E-state index contributed by atoms with van der Waals surface area (Å²) in [5, 5.41) is 13.5. The van der Waals surface area contributed by atoms with Gasteiger partial charge in [0.1, 0.15) is 0 Å². The van der Waals surface area contributed by atoms with E-state index in [4.69, 9.17) is 5.73 Å². The molecule has 0 bridgehead atoms. The Balaban J connectivity index is -0.000000181. The van der Waals surface area contributed by atoms with Gasteiger partial charge in [-0.05, 0) is 73.6 Å². The zero-order chi connectivity index (χ0) is 38.4. The highest BCUT2D eigenvalue weighted by Gasteiger charge is 1.99. The fourth-order valence-electron chi connectivity index (χ4n) is 2.68. The average molecular weight is 683 g/mol. The van der Waals surface area contributed by atoms with Crippen LogP contribution >= 0.6 is 0 Å². The first-order valence-corrected chi connectivity index (χ1v) is 16.3. The third-order valence-electron chi connectivity index (χ3n) is 5.11. The molecular formula is C38H62N6O5. The predicted molar refractivity (Wildman–Crippen MR) is 201 cm³/mol. The number of hydrogen-bond donors (Lipinski definition) is 6. The maximum Gasteiger partial charge on any atom is 0.232 e. The van der Waals surface area contributed by atoms with E-state index in [0.29, 0.717) is 45.7 Å². The van der Waals surface area contributed by atoms with Gasteiger partial charge in [0.05, 0.1) is 26.1 Å². The Morgan fingerprint density at radius 1 is 0.449 bits per heavy atom. The summed E-state index contributed by atoms with van der Waals surface area (Å²) >= 11 is 0. The maximum atomic E-state index is 11.2. The average Bonchev–Trinajstić information content (AvgIpc) is 3.06. The number of nitrogens with one attached hydrogen (secondary N) is 5. The van der Waals surface area contributed by atoms with E-state index in [1.54, 1.807) is 27.7 Å². The molecule has 0 unspecified atom stereocenters. The molecule has 0 aromatic rings. The second kappa shape index (κ2) is 50.0. The fraction of sp³-hybridized carbons (Fsp3) is 0.605. The van der Waals surface area contributed by atoms with Crippen molar-refractivity contribution in [3.63, 3.8) is 0 Å². The van der Waals surface area contributed by atoms with Crippen molar-refractivity contribution in [3.8, 4) is 59.2 Å². The van der Waals surface area contributed by atoms with Crippen LogP contribution in [0.2, 0.25) is 0 Å². The first kappa shape index (κ1) is 53.6. The molecule has 0 aliphatic heterocycles. The largest absolute Gasteiger partial charge is 0.356 e. The van der Waals surface area contributed by atoms with E-state index < -0.39 is 0 Å². The predicted octanol–water partition coefficient (Wildman–Crippen LogP) is 2.79. The summed E-state index contributed by atoms with van der Waals surface area (Å²) in [6, 6.07) is 0. The van der Waals surface area contributed by atoms with Gasteiger partial charge in [-0.3, -0.25) is 24.0 Å². The molecule has 0 saturated heterocycles. The monoisotopic (exact) mass is 682 g/mol. The molecule has 0 radical (unpaired) electrons. The summed E-state index contributed by atoms with van der Waals surface area (Å²) in [5.41, 5.74) is 4.97. The first-order chi connectivity index (χ1) is 23.4. The summed E-state index contributed by atoms with van der Waals surface area (Å²) in [4.78, 5) is 53.5. The van der Waals surface area contributed by atoms with Crippen LogP contribution < -0.4 is 32.3 Å². The normalized spacial score (nSPS) is 7.71. The number of carbonyl (C=O) groups excluding carboxylic acids is 5. The van der Waals surface area contributed by atoms with Gasteiger partial charge in [0.25, 0.3) is 0 Å². The quantitative estimate of drug-likeness (QED) is 0.115. The van der Waals surface area contributed by atoms with Crippen molar-refractivity contribution < 1.29 is 24.0 Å². The second-order valence-electron chi connectivity index (χ2n) is 9.46. The van der Waals surface area contributed by atoms with Gasteiger partial charge in [-0.25, -0.2) is 0 Å². The van der Waals surface area contributed by atoms with Crippen LogP contribution in [0.25, 0.3) is 0 Å². The zero-order valence-corrected chi connectivity index (χ0v) is 31.5. The van der Waals surface area contributed by atoms with Gasteiger partial charge in [-0.15, -0.1) is 35.5 Å². The van der Waals surface area contributed by atoms with Crippen LogP contribution in [0.4, 0.5) is 0 Å². The van der Waals surface area contributed by atoms with Crippen LogP contribution in [-0.2, 0) is 24.0 Å². The summed E-state index contributed by atoms with van der Waals surface area (Å²) in [5.74, 6) is 26.9. The third-order valence-corrected chi connectivity index (χ3v) is 5.11. The van der Waals surface area contributed by atoms with Gasteiger partial charge in [0, 0.05) is 46.8 Å². The van der Waals surface area contributed by atoms with Gasteiger partial charge >= 0.3 is 0 Å². The smallest absolute Gasteiger partial charge is 0.232 e. The molecule has 0 saturated carbocycles. The molecule has 0 aliphatic rings. The number of nitrogens with two attached hydrogens (primary N) is 1. The highest BCUT2D eigenvalue weighted by atomic mass is 16.2. The Kier molecular flexibility index (Phi) is 54.7. The van der Waals surface area contributed by atoms with Crippen molar-refractivity contribution in [1.29, 1.82) is 0 Å². The fourth-order valence-corrected chi connectivity index (χ4v) is 2.68. The van der Waals surface area contributed by atoms with E-state index in [1.807, 2.05) is 13.8 Å². The molecule has 274 valence electrons. The molecule has 0 atom stereocenters. The topological polar surface area (TPSA) is 172 Å². The van der Waals surface area contributed by atoms with Crippen LogP contribution in [0.5, 0.6) is 0 Å². The first-order valence-electron chi connectivity index (χ1n) is 16.3. The van der Waals surface area contributed by atoms with E-state index >= 15 is 0 Å². The van der Waals surface area contributed by atoms with Gasteiger partial charge in [0.2, 0.25) is 29.5 Å². The van der Waals surface area contributed by atoms with Crippen molar-refractivity contribution in [1.82, 2.24) is 26.6 Å². The van der Waals surface area contributed by atoms with Gasteiger partial charge in [-0.1, -0.05) is 30.1 Å². The maximum absolute atomic E-state index is 11.2. The van der Waals surface area contributed by atoms with Gasteiger partial charge in [0.15, 0.2) is 0 Å². The molecule has 7 N–H and O–H groups in total. The van der Waals surface area contributed by atoms with E-state index in [1.165, 1.54) is 20.8 Å². The van der Waals surface area contributed by atoms with Crippen molar-refractivity contribution in [2.45, 2.75) is 114 Å². The second-order valence-corrected chi connectivity index (χ2v) is 9.46. The number of rotatable bonds is 15. The minimum absolute atomic E-state index is 0.00381. The minimum Gasteiger partial charge on any atom is -0.356 e. The summed E-state index contributed by atoms with van der Waals surface area (Å²) in [6.45, 7) is 18.6. The molecule has 0 spiro atoms. The van der Waals surface area contributed by atoms with Gasteiger partial charge < -0.3 is 32.3 Å². The Hall–Kier alpha value is -4.89. The lowest BCUT2D eigenvalue weighted by Gasteiger charge is -2.03. The van der Waals surface area contributed by atoms with Crippen molar-refractivity contribution >= 4 is 29.5 Å². The summed E-state index contributed by atoms with van der Waals surface area (Å²) in [6.07, 6.45) is 6.42. The number of unbranched alkanes of at least 4 members (excludes halogenated alkanes) is 4. The van der Waals surface area contributed by atoms with Crippen LogP contribution in [0.1, 0.15) is 114 Å². The van der Waals surface area contributed by atoms with Crippen LogP contribution in [0.15, 0.2) is 0 Å². The summed E-state index contributed by atoms with van der Waals surface area (Å²) < 4.78 is 0. The Morgan fingerprint density at radius 2 is 0.857 bits per heavy atom. The highest BCUT2D eigenvalue weighted by Crippen LogP contribution is 1.98. The molecule has 0 aliphatic carbocycles. The van der Waals surface area contributed by atoms with Crippen molar-refractivity contribution in [2.75, 3.05) is 39.3 Å². The van der Waals surface area contributed by atoms with E-state index in [9.17, 15) is 24.0 Å². The Labute approximate surface area is 297 Å². The lowest BCUT2D eigenvalue weighted by atomic mass is 10.2. The zero-order valence-electron chi connectivity index (χ0n) is 31.5. The van der Waals surface area contributed by atoms with Crippen LogP contribution in [-0.4, -0.2) is 68.8 Å². The molecule has 0 aromatic heterocycles. The lowest BCUT2D eigenvalue weighted by molar-refractivity contribution is -0.121. The molecule has 11 heteroatoms. The highest BCUT2D eigenvalue weighted by molar-refractivity contribution is 5.78. The summed E-state index contributed by atoms with van der Waals surface area (Å²) in [7, 11) is 0. The van der Waals surface area contributed by atoms with Crippen molar-refractivity contribution in [3.05, 3.63) is 0 Å². The molecule has 0 fully saturated rings. The third kappa shape index (κ3) is 75.3.